The van der Waals surface area contributed by atoms with E-state index in [1.165, 1.54) is 0 Å². The second-order valence-corrected chi connectivity index (χ2v) is 5.59. The molecule has 0 saturated carbocycles. The van der Waals surface area contributed by atoms with Gasteiger partial charge in [-0.25, -0.2) is 4.79 Å². The topological polar surface area (TPSA) is 57.5 Å². The van der Waals surface area contributed by atoms with Crippen molar-refractivity contribution in [2.24, 2.45) is 5.92 Å². The van der Waals surface area contributed by atoms with E-state index in [4.69, 9.17) is 9.47 Å². The molecule has 2 rings (SSSR count). The minimum Gasteiger partial charge on any atom is -0.461 e. The molecule has 1 aromatic heterocycles. The van der Waals surface area contributed by atoms with Crippen LogP contribution in [0.1, 0.15) is 55.8 Å². The number of rotatable bonds is 7. The summed E-state index contributed by atoms with van der Waals surface area (Å²) in [7, 11) is 0. The van der Waals surface area contributed by atoms with Gasteiger partial charge in [0.25, 0.3) is 0 Å². The Kier molecular flexibility index (Phi) is 5.17. The molecule has 5 heteroatoms. The highest BCUT2D eigenvalue weighted by Crippen LogP contribution is 2.34. The van der Waals surface area contributed by atoms with E-state index in [1.54, 1.807) is 10.6 Å². The zero-order chi connectivity index (χ0) is 15.4. The predicted molar refractivity (Wildman–Crippen MR) is 78.1 cm³/mol. The summed E-state index contributed by atoms with van der Waals surface area (Å²) in [4.78, 5) is 23.3. The molecule has 21 heavy (non-hydrogen) atoms. The van der Waals surface area contributed by atoms with Crippen LogP contribution in [-0.4, -0.2) is 29.5 Å². The van der Waals surface area contributed by atoms with Gasteiger partial charge < -0.3 is 14.0 Å². The van der Waals surface area contributed by atoms with Crippen molar-refractivity contribution in [1.82, 2.24) is 4.57 Å². The van der Waals surface area contributed by atoms with Crippen molar-refractivity contribution in [1.29, 1.82) is 0 Å². The van der Waals surface area contributed by atoms with E-state index in [0.717, 1.165) is 24.8 Å². The summed E-state index contributed by atoms with van der Waals surface area (Å²) < 4.78 is 12.7. The van der Waals surface area contributed by atoms with Crippen LogP contribution in [0.15, 0.2) is 12.1 Å². The maximum absolute atomic E-state index is 12.1. The molecule has 0 amide bonds. The summed E-state index contributed by atoms with van der Waals surface area (Å²) in [5.41, 5.74) is 1.34. The van der Waals surface area contributed by atoms with E-state index in [1.807, 2.05) is 19.9 Å². The molecule has 0 bridgehead atoms. The van der Waals surface area contributed by atoms with E-state index in [-0.39, 0.29) is 18.0 Å². The third-order valence-electron chi connectivity index (χ3n) is 4.11. The average molecular weight is 293 g/mol. The van der Waals surface area contributed by atoms with Gasteiger partial charge in [-0.1, -0.05) is 20.3 Å². The van der Waals surface area contributed by atoms with Crippen LogP contribution in [0.2, 0.25) is 0 Å². The van der Waals surface area contributed by atoms with Gasteiger partial charge in [-0.3, -0.25) is 4.79 Å². The normalized spacial score (nSPS) is 25.1. The fourth-order valence-corrected chi connectivity index (χ4v) is 2.66. The molecular weight excluding hydrogens is 270 g/mol. The summed E-state index contributed by atoms with van der Waals surface area (Å²) in [5.74, 6) is -0.248. The highest BCUT2D eigenvalue weighted by Gasteiger charge is 2.42. The molecule has 2 heterocycles. The van der Waals surface area contributed by atoms with Crippen LogP contribution in [0, 0.1) is 5.92 Å². The Bertz CT molecular complexity index is 508. The number of aldehydes is 1. The largest absolute Gasteiger partial charge is 0.461 e. The maximum Gasteiger partial charge on any atom is 0.329 e. The monoisotopic (exact) mass is 293 g/mol. The van der Waals surface area contributed by atoms with Gasteiger partial charge in [0.15, 0.2) is 6.29 Å². The quantitative estimate of drug-likeness (QED) is 0.440. The first-order valence-corrected chi connectivity index (χ1v) is 7.53. The summed E-state index contributed by atoms with van der Waals surface area (Å²) in [6, 6.07) is 3.13. The molecule has 0 aliphatic carbocycles. The lowest BCUT2D eigenvalue weighted by atomic mass is 9.99. The number of unbranched alkanes of at least 4 members (excludes halogenated alkanes) is 1. The third kappa shape index (κ3) is 3.18. The molecule has 5 nitrogen and oxygen atoms in total. The summed E-state index contributed by atoms with van der Waals surface area (Å²) in [6.07, 6.45) is 2.71. The summed E-state index contributed by atoms with van der Waals surface area (Å²) >= 11 is 0. The molecule has 0 unspecified atom stereocenters. The Morgan fingerprint density at radius 3 is 2.71 bits per heavy atom. The van der Waals surface area contributed by atoms with Gasteiger partial charge in [-0.2, -0.15) is 0 Å². The zero-order valence-electron chi connectivity index (χ0n) is 12.9. The molecule has 0 aromatic carbocycles. The standard InChI is InChI=1S/C16H23NO4/c1-4-5-8-20-10-14-7-6-13(9-18)17(14)15-11(2)12(3)21-16(15)19/h6-7,9,11-12,15H,4-5,8,10H2,1-3H3/t11-,12-,15-/m0/s1. The van der Waals surface area contributed by atoms with Gasteiger partial charge in [-0.05, 0) is 25.5 Å². The Balaban J connectivity index is 2.22. The summed E-state index contributed by atoms with van der Waals surface area (Å²) in [5, 5.41) is 0. The van der Waals surface area contributed by atoms with Crippen LogP contribution >= 0.6 is 0 Å². The van der Waals surface area contributed by atoms with Gasteiger partial charge in [-0.15, -0.1) is 0 Å². The number of ether oxygens (including phenoxy) is 2. The number of carbonyl (C=O) groups excluding carboxylic acids is 2. The average Bonchev–Trinajstić information content (AvgIpc) is 2.96. The Labute approximate surface area is 125 Å². The molecule has 1 aromatic rings. The third-order valence-corrected chi connectivity index (χ3v) is 4.11. The number of hydrogen-bond acceptors (Lipinski definition) is 4. The SMILES string of the molecule is CCCCOCc1ccc(C=O)n1[C@@H]1C(=O)O[C@@H](C)[C@@H]1C. The second kappa shape index (κ2) is 6.89. The van der Waals surface area contributed by atoms with Gasteiger partial charge in [0.2, 0.25) is 0 Å². The fraction of sp³-hybridized carbons (Fsp3) is 0.625. The molecule has 1 aliphatic rings. The Hall–Kier alpha value is -1.62. The van der Waals surface area contributed by atoms with Crippen LogP contribution in [0.3, 0.4) is 0 Å². The zero-order valence-corrected chi connectivity index (χ0v) is 12.9. The highest BCUT2D eigenvalue weighted by molar-refractivity contribution is 5.80. The van der Waals surface area contributed by atoms with Gasteiger partial charge in [0.1, 0.15) is 12.1 Å². The Morgan fingerprint density at radius 1 is 1.38 bits per heavy atom. The number of esters is 1. The first-order chi connectivity index (χ1) is 10.1. The second-order valence-electron chi connectivity index (χ2n) is 5.59. The van der Waals surface area contributed by atoms with E-state index in [2.05, 4.69) is 6.92 Å². The van der Waals surface area contributed by atoms with Crippen LogP contribution < -0.4 is 0 Å². The van der Waals surface area contributed by atoms with Crippen molar-refractivity contribution in [3.05, 3.63) is 23.5 Å². The van der Waals surface area contributed by atoms with Crippen molar-refractivity contribution in [3.63, 3.8) is 0 Å². The lowest BCUT2D eigenvalue weighted by Crippen LogP contribution is -2.24. The molecule has 1 saturated heterocycles. The van der Waals surface area contributed by atoms with Crippen molar-refractivity contribution < 1.29 is 19.1 Å². The number of aromatic nitrogens is 1. The molecule has 1 fully saturated rings. The minimum atomic E-state index is -0.444. The Morgan fingerprint density at radius 2 is 2.14 bits per heavy atom. The van der Waals surface area contributed by atoms with Crippen LogP contribution in [0.5, 0.6) is 0 Å². The van der Waals surface area contributed by atoms with Crippen molar-refractivity contribution in [2.75, 3.05) is 6.61 Å². The van der Waals surface area contributed by atoms with Crippen LogP contribution in [0.4, 0.5) is 0 Å². The smallest absolute Gasteiger partial charge is 0.329 e. The fourth-order valence-electron chi connectivity index (χ4n) is 2.66. The molecule has 0 N–H and O–H groups in total. The molecule has 3 atom stereocenters. The highest BCUT2D eigenvalue weighted by atomic mass is 16.6. The van der Waals surface area contributed by atoms with Gasteiger partial charge in [0.05, 0.1) is 12.3 Å². The number of carbonyl (C=O) groups is 2. The van der Waals surface area contributed by atoms with Crippen LogP contribution in [0.25, 0.3) is 0 Å². The number of hydrogen-bond donors (Lipinski definition) is 0. The maximum atomic E-state index is 12.1. The molecule has 1 aliphatic heterocycles. The van der Waals surface area contributed by atoms with Gasteiger partial charge in [0, 0.05) is 18.2 Å². The van der Waals surface area contributed by atoms with E-state index in [9.17, 15) is 9.59 Å². The summed E-state index contributed by atoms with van der Waals surface area (Å²) in [6.45, 7) is 7.03. The first-order valence-electron chi connectivity index (χ1n) is 7.53. The molecule has 116 valence electrons. The lowest BCUT2D eigenvalue weighted by Gasteiger charge is -2.19. The van der Waals surface area contributed by atoms with Crippen molar-refractivity contribution >= 4 is 12.3 Å². The number of nitrogens with zero attached hydrogens (tertiary/aromatic N) is 1. The van der Waals surface area contributed by atoms with E-state index >= 15 is 0 Å². The minimum absolute atomic E-state index is 0.0259. The van der Waals surface area contributed by atoms with E-state index < -0.39 is 6.04 Å². The van der Waals surface area contributed by atoms with Gasteiger partial charge >= 0.3 is 5.97 Å². The molecule has 0 spiro atoms. The first kappa shape index (κ1) is 15.8. The number of cyclic esters (lactones) is 1. The predicted octanol–water partition coefficient (Wildman–Crippen LogP) is 2.74. The van der Waals surface area contributed by atoms with Crippen molar-refractivity contribution in [2.45, 2.75) is 52.4 Å². The van der Waals surface area contributed by atoms with E-state index in [0.29, 0.717) is 18.9 Å². The molecular formula is C16H23NO4. The van der Waals surface area contributed by atoms with Crippen LogP contribution in [-0.2, 0) is 20.9 Å². The molecule has 0 radical (unpaired) electrons. The van der Waals surface area contributed by atoms with Crippen molar-refractivity contribution in [3.8, 4) is 0 Å². The lowest BCUT2D eigenvalue weighted by molar-refractivity contribution is -0.143.